The number of carbonyl (C=O) groups excluding carboxylic acids is 2. The Hall–Kier alpha value is -3.58. The summed E-state index contributed by atoms with van der Waals surface area (Å²) in [5.41, 5.74) is 2.67. The summed E-state index contributed by atoms with van der Waals surface area (Å²) in [6.07, 6.45) is 4.76. The van der Waals surface area contributed by atoms with Crippen LogP contribution in [0, 0.1) is 0 Å². The Morgan fingerprint density at radius 1 is 1.09 bits per heavy atom. The molecule has 0 saturated carbocycles. The minimum Gasteiger partial charge on any atom is -0.351 e. The zero-order valence-corrected chi connectivity index (χ0v) is 19.4. The van der Waals surface area contributed by atoms with Crippen LogP contribution in [0.2, 0.25) is 5.15 Å². The van der Waals surface area contributed by atoms with E-state index in [1.807, 2.05) is 55.7 Å². The van der Waals surface area contributed by atoms with Crippen molar-refractivity contribution < 1.29 is 9.59 Å². The van der Waals surface area contributed by atoms with E-state index in [1.165, 1.54) is 0 Å². The van der Waals surface area contributed by atoms with E-state index >= 15 is 0 Å². The monoisotopic (exact) mass is 463 g/mol. The van der Waals surface area contributed by atoms with Crippen LogP contribution in [0.5, 0.6) is 0 Å². The molecular formula is C25H26ClN5O2. The average molecular weight is 464 g/mol. The zero-order chi connectivity index (χ0) is 23.4. The van der Waals surface area contributed by atoms with Crippen LogP contribution >= 0.6 is 11.6 Å². The van der Waals surface area contributed by atoms with Gasteiger partial charge in [-0.25, -0.2) is 4.98 Å². The lowest BCUT2D eigenvalue weighted by molar-refractivity contribution is 0.0717. The van der Waals surface area contributed by atoms with Gasteiger partial charge in [0.25, 0.3) is 11.8 Å². The molecule has 1 atom stereocenters. The van der Waals surface area contributed by atoms with E-state index in [0.29, 0.717) is 41.6 Å². The van der Waals surface area contributed by atoms with Gasteiger partial charge in [0, 0.05) is 39.1 Å². The number of likely N-dealkylation sites (N-methyl/N-ethyl adjacent to an activating group) is 1. The second-order valence-corrected chi connectivity index (χ2v) is 8.40. The number of imidazole rings is 1. The van der Waals surface area contributed by atoms with Crippen molar-refractivity contribution in [2.75, 3.05) is 13.6 Å². The molecule has 0 fully saturated rings. The molecular weight excluding hydrogens is 438 g/mol. The third kappa shape index (κ3) is 5.09. The Balaban J connectivity index is 1.50. The summed E-state index contributed by atoms with van der Waals surface area (Å²) < 4.78 is 3.47. The number of fused-ring (bicyclic) bond motifs is 1. The summed E-state index contributed by atoms with van der Waals surface area (Å²) in [4.78, 5) is 31.9. The van der Waals surface area contributed by atoms with Crippen molar-refractivity contribution in [1.82, 2.24) is 24.2 Å². The first-order valence-corrected chi connectivity index (χ1v) is 11.2. The lowest BCUT2D eigenvalue weighted by atomic mass is 10.0. The number of amides is 2. The van der Waals surface area contributed by atoms with Gasteiger partial charge in [0.05, 0.1) is 0 Å². The number of hydrogen-bond acceptors (Lipinski definition) is 3. The van der Waals surface area contributed by atoms with Crippen molar-refractivity contribution in [2.24, 2.45) is 7.05 Å². The maximum Gasteiger partial charge on any atom is 0.274 e. The van der Waals surface area contributed by atoms with Gasteiger partial charge in [-0.05, 0) is 42.7 Å². The first-order chi connectivity index (χ1) is 15.9. The number of nitrogens with zero attached hydrogens (tertiary/aromatic N) is 4. The molecule has 2 amide bonds. The molecule has 0 aliphatic carbocycles. The topological polar surface area (TPSA) is 71.6 Å². The first-order valence-electron chi connectivity index (χ1n) is 10.8. The number of aromatic nitrogens is 3. The Morgan fingerprint density at radius 2 is 1.88 bits per heavy atom. The molecule has 7 nitrogen and oxygen atoms in total. The maximum absolute atomic E-state index is 13.3. The van der Waals surface area contributed by atoms with Gasteiger partial charge in [-0.15, -0.1) is 0 Å². The third-order valence-electron chi connectivity index (χ3n) is 5.78. The van der Waals surface area contributed by atoms with Crippen LogP contribution in [0.3, 0.4) is 0 Å². The average Bonchev–Trinajstić information content (AvgIpc) is 3.45. The van der Waals surface area contributed by atoms with Gasteiger partial charge in [0.15, 0.2) is 0 Å². The Kier molecular flexibility index (Phi) is 6.79. The predicted octanol–water partition coefficient (Wildman–Crippen LogP) is 3.83. The fourth-order valence-corrected chi connectivity index (χ4v) is 4.09. The fourth-order valence-electron chi connectivity index (χ4n) is 3.89. The molecule has 0 aliphatic heterocycles. The summed E-state index contributed by atoms with van der Waals surface area (Å²) in [5.74, 6) is -0.325. The van der Waals surface area contributed by atoms with E-state index in [2.05, 4.69) is 10.3 Å². The van der Waals surface area contributed by atoms with E-state index in [-0.39, 0.29) is 17.9 Å². The highest BCUT2D eigenvalue weighted by Crippen LogP contribution is 2.17. The number of carbonyl (C=O) groups is 2. The van der Waals surface area contributed by atoms with Gasteiger partial charge in [-0.3, -0.25) is 14.0 Å². The van der Waals surface area contributed by atoms with E-state index in [4.69, 9.17) is 11.6 Å². The molecule has 0 saturated heterocycles. The Bertz CT molecular complexity index is 1260. The Labute approximate surface area is 197 Å². The largest absolute Gasteiger partial charge is 0.351 e. The number of rotatable bonds is 8. The zero-order valence-electron chi connectivity index (χ0n) is 18.6. The highest BCUT2D eigenvalue weighted by molar-refractivity contribution is 6.29. The van der Waals surface area contributed by atoms with Crippen LogP contribution in [-0.4, -0.2) is 50.3 Å². The molecule has 0 spiro atoms. The minimum absolute atomic E-state index is 0.131. The van der Waals surface area contributed by atoms with E-state index in [0.717, 1.165) is 5.56 Å². The van der Waals surface area contributed by atoms with Gasteiger partial charge in [0.2, 0.25) is 0 Å². The van der Waals surface area contributed by atoms with Crippen LogP contribution in [0.4, 0.5) is 0 Å². The van der Waals surface area contributed by atoms with Gasteiger partial charge in [-0.2, -0.15) is 0 Å². The molecule has 8 heteroatoms. The second kappa shape index (κ2) is 9.92. The van der Waals surface area contributed by atoms with Crippen LogP contribution in [-0.2, 0) is 13.5 Å². The number of benzene rings is 1. The fraction of sp³-hybridized carbons (Fsp3) is 0.240. The lowest BCUT2D eigenvalue weighted by Crippen LogP contribution is -2.41. The second-order valence-electron chi connectivity index (χ2n) is 8.01. The molecule has 170 valence electrons. The van der Waals surface area contributed by atoms with E-state index in [9.17, 15) is 9.59 Å². The quantitative estimate of drug-likeness (QED) is 0.404. The summed E-state index contributed by atoms with van der Waals surface area (Å²) in [5, 5.41) is 3.46. The van der Waals surface area contributed by atoms with Crippen molar-refractivity contribution in [2.45, 2.75) is 18.9 Å². The van der Waals surface area contributed by atoms with Gasteiger partial charge in [-0.1, -0.05) is 48.0 Å². The number of pyridine rings is 1. The van der Waals surface area contributed by atoms with Gasteiger partial charge < -0.3 is 14.8 Å². The van der Waals surface area contributed by atoms with E-state index < -0.39 is 0 Å². The third-order valence-corrected chi connectivity index (χ3v) is 6.09. The van der Waals surface area contributed by atoms with Gasteiger partial charge >= 0.3 is 0 Å². The normalized spacial score (nSPS) is 12.0. The highest BCUT2D eigenvalue weighted by Gasteiger charge is 2.24. The lowest BCUT2D eigenvalue weighted by Gasteiger charge is -2.28. The van der Waals surface area contributed by atoms with Gasteiger partial charge in [0.1, 0.15) is 22.2 Å². The van der Waals surface area contributed by atoms with Crippen LogP contribution in [0.1, 0.15) is 33.0 Å². The van der Waals surface area contributed by atoms with Crippen LogP contribution < -0.4 is 5.32 Å². The van der Waals surface area contributed by atoms with Crippen molar-refractivity contribution in [3.63, 3.8) is 0 Å². The molecule has 0 radical (unpaired) electrons. The highest BCUT2D eigenvalue weighted by atomic mass is 35.5. The first kappa shape index (κ1) is 22.6. The smallest absolute Gasteiger partial charge is 0.274 e. The van der Waals surface area contributed by atoms with E-state index in [1.54, 1.807) is 45.3 Å². The van der Waals surface area contributed by atoms with Crippen LogP contribution in [0.25, 0.3) is 5.65 Å². The molecule has 3 heterocycles. The predicted molar refractivity (Wildman–Crippen MR) is 129 cm³/mol. The Morgan fingerprint density at radius 3 is 2.58 bits per heavy atom. The number of aryl methyl sites for hydroxylation is 1. The van der Waals surface area contributed by atoms with Crippen LogP contribution in [0.15, 0.2) is 73.1 Å². The number of nitrogens with one attached hydrogen (secondary N) is 1. The molecule has 4 rings (SSSR count). The molecule has 3 aromatic heterocycles. The van der Waals surface area contributed by atoms with Crippen molar-refractivity contribution >= 4 is 29.1 Å². The maximum atomic E-state index is 13.3. The minimum atomic E-state index is -0.190. The number of halogens is 1. The van der Waals surface area contributed by atoms with Crippen molar-refractivity contribution in [3.8, 4) is 0 Å². The summed E-state index contributed by atoms with van der Waals surface area (Å²) >= 11 is 6.23. The summed E-state index contributed by atoms with van der Waals surface area (Å²) in [7, 11) is 3.61. The molecule has 1 N–H and O–H groups in total. The molecule has 0 bridgehead atoms. The summed E-state index contributed by atoms with van der Waals surface area (Å²) in [6.45, 7) is 0.441. The van der Waals surface area contributed by atoms with Crippen molar-refractivity contribution in [3.05, 3.63) is 95.2 Å². The standard InChI is InChI=1S/C25H26ClN5O2/c1-29-15-7-10-21(29)24(32)27-14-13-19(16-18-8-4-3-5-9-18)30(2)25(33)20-17-31-22(26)11-6-12-23(31)28-20/h3-12,15,17,19H,13-14,16H2,1-2H3,(H,27,32). The number of hydrogen-bond donors (Lipinski definition) is 1. The summed E-state index contributed by atoms with van der Waals surface area (Å²) in [6, 6.07) is 18.9. The molecule has 33 heavy (non-hydrogen) atoms. The SMILES string of the molecule is CN(C(=O)c1cn2c(Cl)cccc2n1)C(CCNC(=O)c1cccn1C)Cc1ccccc1. The molecule has 1 aromatic carbocycles. The van der Waals surface area contributed by atoms with Crippen molar-refractivity contribution in [1.29, 1.82) is 0 Å². The molecule has 4 aromatic rings. The molecule has 0 aliphatic rings. The molecule has 1 unspecified atom stereocenters.